The maximum atomic E-state index is 3.32. The number of hydrogen-bond acceptors (Lipinski definition) is 2. The molecule has 1 aromatic rings. The number of benzene rings is 1. The molecule has 0 amide bonds. The summed E-state index contributed by atoms with van der Waals surface area (Å²) in [6.07, 6.45) is 1.16. The smallest absolute Gasteiger partial charge is 0.0420 e. The Morgan fingerprint density at radius 1 is 1.38 bits per heavy atom. The van der Waals surface area contributed by atoms with Crippen molar-refractivity contribution in [3.8, 4) is 0 Å². The Labute approximate surface area is 80.6 Å². The fraction of sp³-hybridized carbons (Fsp3) is 0.455. The summed E-state index contributed by atoms with van der Waals surface area (Å²) in [7, 11) is 4.18. The van der Waals surface area contributed by atoms with Crippen LogP contribution in [0.15, 0.2) is 24.3 Å². The monoisotopic (exact) mass is 177 g/mol. The average Bonchev–Trinajstić information content (AvgIpc) is 2.14. The molecule has 0 atom stereocenters. The lowest BCUT2D eigenvalue weighted by atomic mass is 10.3. The van der Waals surface area contributed by atoms with Crippen LogP contribution in [0.5, 0.6) is 0 Å². The summed E-state index contributed by atoms with van der Waals surface area (Å²) < 4.78 is 0. The van der Waals surface area contributed by atoms with Crippen molar-refractivity contribution in [3.05, 3.63) is 30.3 Å². The molecule has 0 unspecified atom stereocenters. The average molecular weight is 177 g/mol. The first-order valence-corrected chi connectivity index (χ1v) is 4.64. The van der Waals surface area contributed by atoms with Crippen LogP contribution in [0.4, 0.5) is 5.69 Å². The molecule has 0 aliphatic carbocycles. The number of para-hydroxylation sites is 1. The van der Waals surface area contributed by atoms with Crippen molar-refractivity contribution in [3.63, 3.8) is 0 Å². The molecule has 0 bridgehead atoms. The van der Waals surface area contributed by atoms with Crippen LogP contribution in [0, 0.1) is 6.07 Å². The van der Waals surface area contributed by atoms with E-state index in [4.69, 9.17) is 0 Å². The van der Waals surface area contributed by atoms with E-state index in [0.29, 0.717) is 0 Å². The van der Waals surface area contributed by atoms with E-state index in [2.05, 4.69) is 30.4 Å². The van der Waals surface area contributed by atoms with Gasteiger partial charge in [-0.05, 0) is 33.1 Å². The van der Waals surface area contributed by atoms with Crippen molar-refractivity contribution >= 4 is 5.69 Å². The molecule has 0 aliphatic rings. The Hall–Kier alpha value is -1.02. The number of hydrogen-bond donors (Lipinski definition) is 1. The summed E-state index contributed by atoms with van der Waals surface area (Å²) in [5.41, 5.74) is 1.08. The van der Waals surface area contributed by atoms with Crippen molar-refractivity contribution in [2.45, 2.75) is 6.42 Å². The SMILES string of the molecule is CN(C)CCCNc1[c]cccc1. The minimum absolute atomic E-state index is 1.01. The van der Waals surface area contributed by atoms with Crippen LogP contribution in [0.1, 0.15) is 6.42 Å². The summed E-state index contributed by atoms with van der Waals surface area (Å²) in [6.45, 7) is 2.14. The fourth-order valence-corrected chi connectivity index (χ4v) is 1.12. The van der Waals surface area contributed by atoms with Crippen LogP contribution in [-0.4, -0.2) is 32.1 Å². The molecule has 1 N–H and O–H groups in total. The van der Waals surface area contributed by atoms with Crippen LogP contribution >= 0.6 is 0 Å². The lowest BCUT2D eigenvalue weighted by molar-refractivity contribution is 0.405. The second-order valence-electron chi connectivity index (χ2n) is 3.36. The molecule has 1 aromatic carbocycles. The van der Waals surface area contributed by atoms with Crippen LogP contribution in [0.2, 0.25) is 0 Å². The van der Waals surface area contributed by atoms with Crippen molar-refractivity contribution in [2.75, 3.05) is 32.5 Å². The first-order chi connectivity index (χ1) is 6.29. The molecule has 0 saturated heterocycles. The van der Waals surface area contributed by atoms with Gasteiger partial charge in [0.1, 0.15) is 0 Å². The third-order valence-corrected chi connectivity index (χ3v) is 1.81. The second kappa shape index (κ2) is 5.60. The third-order valence-electron chi connectivity index (χ3n) is 1.81. The molecule has 1 rings (SSSR count). The largest absolute Gasteiger partial charge is 0.384 e. The molecule has 2 heteroatoms. The van der Waals surface area contributed by atoms with Gasteiger partial charge in [-0.2, -0.15) is 0 Å². The van der Waals surface area contributed by atoms with Crippen LogP contribution in [-0.2, 0) is 0 Å². The topological polar surface area (TPSA) is 15.3 Å². The molecule has 0 aromatic heterocycles. The molecule has 71 valence electrons. The standard InChI is InChI=1S/C11H17N2/c1-13(2)10-6-9-12-11-7-4-3-5-8-11/h3-5,7,12H,6,9-10H2,1-2H3. The molecule has 0 fully saturated rings. The first-order valence-electron chi connectivity index (χ1n) is 4.64. The lowest BCUT2D eigenvalue weighted by Crippen LogP contribution is -2.16. The molecule has 0 spiro atoms. The van der Waals surface area contributed by atoms with Gasteiger partial charge in [-0.1, -0.05) is 18.2 Å². The van der Waals surface area contributed by atoms with Gasteiger partial charge in [-0.25, -0.2) is 0 Å². The van der Waals surface area contributed by atoms with E-state index in [9.17, 15) is 0 Å². The molecule has 2 nitrogen and oxygen atoms in total. The minimum atomic E-state index is 1.01. The zero-order valence-corrected chi connectivity index (χ0v) is 8.38. The van der Waals surface area contributed by atoms with Gasteiger partial charge < -0.3 is 10.2 Å². The van der Waals surface area contributed by atoms with Crippen molar-refractivity contribution in [2.24, 2.45) is 0 Å². The van der Waals surface area contributed by atoms with E-state index in [1.165, 1.54) is 0 Å². The summed E-state index contributed by atoms with van der Waals surface area (Å²) in [4.78, 5) is 2.19. The number of nitrogens with zero attached hydrogens (tertiary/aromatic N) is 1. The Kier molecular flexibility index (Phi) is 4.33. The van der Waals surface area contributed by atoms with Gasteiger partial charge >= 0.3 is 0 Å². The summed E-state index contributed by atoms with van der Waals surface area (Å²) >= 11 is 0. The van der Waals surface area contributed by atoms with E-state index in [1.807, 2.05) is 24.3 Å². The molecule has 0 heterocycles. The van der Waals surface area contributed by atoms with Crippen molar-refractivity contribution < 1.29 is 0 Å². The summed E-state index contributed by atoms with van der Waals surface area (Å²) in [5.74, 6) is 0. The number of nitrogens with one attached hydrogen (secondary N) is 1. The highest BCUT2D eigenvalue weighted by molar-refractivity contribution is 5.40. The minimum Gasteiger partial charge on any atom is -0.384 e. The third kappa shape index (κ3) is 4.53. The maximum absolute atomic E-state index is 3.32. The second-order valence-corrected chi connectivity index (χ2v) is 3.36. The predicted molar refractivity (Wildman–Crippen MR) is 56.9 cm³/mol. The zero-order chi connectivity index (χ0) is 9.52. The molecule has 1 radical (unpaired) electrons. The highest BCUT2D eigenvalue weighted by atomic mass is 15.1. The molecular weight excluding hydrogens is 160 g/mol. The van der Waals surface area contributed by atoms with Crippen molar-refractivity contribution in [1.82, 2.24) is 4.90 Å². The van der Waals surface area contributed by atoms with Crippen LogP contribution in [0.25, 0.3) is 0 Å². The molecule has 13 heavy (non-hydrogen) atoms. The van der Waals surface area contributed by atoms with Gasteiger partial charge in [0.05, 0.1) is 0 Å². The van der Waals surface area contributed by atoms with E-state index >= 15 is 0 Å². The predicted octanol–water partition coefficient (Wildman–Crippen LogP) is 1.85. The Balaban J connectivity index is 2.13. The summed E-state index contributed by atoms with van der Waals surface area (Å²) in [6, 6.07) is 11.1. The van der Waals surface area contributed by atoms with Crippen molar-refractivity contribution in [1.29, 1.82) is 0 Å². The van der Waals surface area contributed by atoms with E-state index in [-0.39, 0.29) is 0 Å². The van der Waals surface area contributed by atoms with Gasteiger partial charge in [-0.15, -0.1) is 0 Å². The van der Waals surface area contributed by atoms with E-state index in [1.54, 1.807) is 0 Å². The van der Waals surface area contributed by atoms with Crippen LogP contribution in [0.3, 0.4) is 0 Å². The highest BCUT2D eigenvalue weighted by Gasteiger charge is 1.91. The molecular formula is C11H17N2. The zero-order valence-electron chi connectivity index (χ0n) is 8.38. The Morgan fingerprint density at radius 3 is 2.85 bits per heavy atom. The fourth-order valence-electron chi connectivity index (χ4n) is 1.12. The molecule has 0 saturated carbocycles. The summed E-state index contributed by atoms with van der Waals surface area (Å²) in [5, 5.41) is 3.32. The van der Waals surface area contributed by atoms with Gasteiger partial charge in [0, 0.05) is 18.3 Å². The van der Waals surface area contributed by atoms with Gasteiger partial charge in [0.25, 0.3) is 0 Å². The Morgan fingerprint density at radius 2 is 2.23 bits per heavy atom. The van der Waals surface area contributed by atoms with Gasteiger partial charge in [-0.3, -0.25) is 0 Å². The highest BCUT2D eigenvalue weighted by Crippen LogP contribution is 2.03. The molecule has 0 aliphatic heterocycles. The number of rotatable bonds is 5. The van der Waals surface area contributed by atoms with E-state index in [0.717, 1.165) is 25.2 Å². The Bertz CT molecular complexity index is 219. The van der Waals surface area contributed by atoms with E-state index < -0.39 is 0 Å². The lowest BCUT2D eigenvalue weighted by Gasteiger charge is -2.10. The van der Waals surface area contributed by atoms with Gasteiger partial charge in [0.15, 0.2) is 0 Å². The number of anilines is 1. The quantitative estimate of drug-likeness (QED) is 0.690. The van der Waals surface area contributed by atoms with Gasteiger partial charge in [0.2, 0.25) is 0 Å². The normalized spacial score (nSPS) is 10.4. The maximum Gasteiger partial charge on any atom is 0.0420 e. The van der Waals surface area contributed by atoms with Crippen LogP contribution < -0.4 is 5.32 Å². The first kappa shape index (κ1) is 10.1.